The molecule has 2 aromatic rings. The third-order valence-electron chi connectivity index (χ3n) is 7.18. The second kappa shape index (κ2) is 12.2. The molecular formula is C31H36ClN3O4. The van der Waals surface area contributed by atoms with Gasteiger partial charge in [0.15, 0.2) is 0 Å². The maximum absolute atomic E-state index is 13.9. The molecule has 0 unspecified atom stereocenters. The summed E-state index contributed by atoms with van der Waals surface area (Å²) in [6.07, 6.45) is 5.24. The molecule has 1 fully saturated rings. The Morgan fingerprint density at radius 1 is 0.949 bits per heavy atom. The lowest BCUT2D eigenvalue weighted by Crippen LogP contribution is -2.54. The van der Waals surface area contributed by atoms with Crippen molar-refractivity contribution in [3.05, 3.63) is 82.9 Å². The monoisotopic (exact) mass is 549 g/mol. The summed E-state index contributed by atoms with van der Waals surface area (Å²) in [5, 5.41) is 3.61. The first-order valence-electron chi connectivity index (χ1n) is 13.4. The number of amides is 4. The van der Waals surface area contributed by atoms with Gasteiger partial charge in [-0.2, -0.15) is 0 Å². The van der Waals surface area contributed by atoms with Crippen LogP contribution >= 0.6 is 11.6 Å². The molecule has 2 aliphatic rings. The molecule has 0 aromatic heterocycles. The topological polar surface area (TPSA) is 86.8 Å². The van der Waals surface area contributed by atoms with Crippen LogP contribution in [0.5, 0.6) is 0 Å². The Balaban J connectivity index is 1.60. The number of benzene rings is 2. The molecule has 0 bridgehead atoms. The van der Waals surface area contributed by atoms with Crippen molar-refractivity contribution in [2.45, 2.75) is 64.6 Å². The van der Waals surface area contributed by atoms with Crippen molar-refractivity contribution in [1.29, 1.82) is 0 Å². The van der Waals surface area contributed by atoms with Gasteiger partial charge in [0.2, 0.25) is 23.6 Å². The molecule has 8 heteroatoms. The molecule has 2 aromatic carbocycles. The average molecular weight is 550 g/mol. The molecule has 1 N–H and O–H groups in total. The van der Waals surface area contributed by atoms with Gasteiger partial charge in [0.25, 0.3) is 0 Å². The van der Waals surface area contributed by atoms with E-state index in [1.807, 2.05) is 75.4 Å². The number of rotatable bonds is 9. The highest BCUT2D eigenvalue weighted by Crippen LogP contribution is 2.35. The van der Waals surface area contributed by atoms with Gasteiger partial charge in [-0.1, -0.05) is 66.2 Å². The SMILES string of the molecule is CC(C)(C)NC(=O)[C@H](Cc1ccccc1)N(Cc1ccc(Cl)cc1)C(=O)CCN1C(=O)[C@H]2CC=CC[C@H]2C1=O. The molecule has 4 rings (SSSR count). The van der Waals surface area contributed by atoms with Crippen LogP contribution in [-0.4, -0.2) is 51.6 Å². The van der Waals surface area contributed by atoms with E-state index >= 15 is 0 Å². The first-order valence-corrected chi connectivity index (χ1v) is 13.8. The van der Waals surface area contributed by atoms with Gasteiger partial charge in [-0.05, 0) is 56.9 Å². The van der Waals surface area contributed by atoms with Gasteiger partial charge in [-0.3, -0.25) is 24.1 Å². The zero-order valence-corrected chi connectivity index (χ0v) is 23.5. The van der Waals surface area contributed by atoms with E-state index < -0.39 is 11.6 Å². The molecule has 4 amide bonds. The minimum absolute atomic E-state index is 0.000432. The van der Waals surface area contributed by atoms with E-state index in [0.29, 0.717) is 24.3 Å². The van der Waals surface area contributed by atoms with Crippen LogP contribution in [0.4, 0.5) is 0 Å². The number of imide groups is 1. The van der Waals surface area contributed by atoms with Crippen molar-refractivity contribution in [3.63, 3.8) is 0 Å². The molecule has 1 heterocycles. The lowest BCUT2D eigenvalue weighted by Gasteiger charge is -2.34. The van der Waals surface area contributed by atoms with Crippen molar-refractivity contribution in [3.8, 4) is 0 Å². The maximum atomic E-state index is 13.9. The van der Waals surface area contributed by atoms with Crippen LogP contribution in [0.15, 0.2) is 66.7 Å². The van der Waals surface area contributed by atoms with E-state index in [2.05, 4.69) is 5.32 Å². The van der Waals surface area contributed by atoms with Crippen LogP contribution in [0.1, 0.15) is 51.2 Å². The Morgan fingerprint density at radius 3 is 2.10 bits per heavy atom. The molecule has 0 radical (unpaired) electrons. The molecule has 7 nitrogen and oxygen atoms in total. The van der Waals surface area contributed by atoms with Crippen LogP contribution in [0.2, 0.25) is 5.02 Å². The zero-order valence-electron chi connectivity index (χ0n) is 22.7. The summed E-state index contributed by atoms with van der Waals surface area (Å²) in [4.78, 5) is 56.2. The highest BCUT2D eigenvalue weighted by Gasteiger charge is 2.47. The number of nitrogens with one attached hydrogen (secondary N) is 1. The number of halogens is 1. The quantitative estimate of drug-likeness (QED) is 0.367. The Labute approximate surface area is 235 Å². The Bertz CT molecular complexity index is 1210. The predicted molar refractivity (Wildman–Crippen MR) is 151 cm³/mol. The zero-order chi connectivity index (χ0) is 28.2. The molecule has 1 saturated heterocycles. The fourth-order valence-corrected chi connectivity index (χ4v) is 5.36. The molecular weight excluding hydrogens is 514 g/mol. The fraction of sp³-hybridized carbons (Fsp3) is 0.419. The first-order chi connectivity index (χ1) is 18.5. The van der Waals surface area contributed by atoms with Gasteiger partial charge < -0.3 is 10.2 Å². The standard InChI is InChI=1S/C31H36ClN3O4/c1-31(2,3)33-28(37)26(19-21-9-5-4-6-10-21)35(20-22-13-15-23(32)16-14-22)27(36)17-18-34-29(38)24-11-7-8-12-25(24)30(34)39/h4-10,13-16,24-26H,11-12,17-20H2,1-3H3,(H,33,37)/t24-,25+,26-/m0/s1. The van der Waals surface area contributed by atoms with Gasteiger partial charge in [0.1, 0.15) is 6.04 Å². The average Bonchev–Trinajstić information content (AvgIpc) is 3.14. The largest absolute Gasteiger partial charge is 0.350 e. The number of hydrogen-bond acceptors (Lipinski definition) is 4. The predicted octanol–water partition coefficient (Wildman–Crippen LogP) is 4.54. The van der Waals surface area contributed by atoms with Crippen molar-refractivity contribution in [1.82, 2.24) is 15.1 Å². The number of hydrogen-bond donors (Lipinski definition) is 1. The number of nitrogens with zero attached hydrogens (tertiary/aromatic N) is 2. The highest BCUT2D eigenvalue weighted by atomic mass is 35.5. The van der Waals surface area contributed by atoms with E-state index in [1.165, 1.54) is 4.90 Å². The van der Waals surface area contributed by atoms with Crippen LogP contribution in [0, 0.1) is 11.8 Å². The van der Waals surface area contributed by atoms with Crippen LogP contribution in [0.3, 0.4) is 0 Å². The van der Waals surface area contributed by atoms with Crippen molar-refractivity contribution in [2.24, 2.45) is 11.8 Å². The van der Waals surface area contributed by atoms with Crippen molar-refractivity contribution >= 4 is 35.2 Å². The number of allylic oxidation sites excluding steroid dienone is 2. The number of carbonyl (C=O) groups is 4. The summed E-state index contributed by atoms with van der Waals surface area (Å²) in [5.74, 6) is -1.67. The van der Waals surface area contributed by atoms with Crippen molar-refractivity contribution in [2.75, 3.05) is 6.54 Å². The van der Waals surface area contributed by atoms with Gasteiger partial charge in [-0.15, -0.1) is 0 Å². The van der Waals surface area contributed by atoms with E-state index in [0.717, 1.165) is 11.1 Å². The summed E-state index contributed by atoms with van der Waals surface area (Å²) < 4.78 is 0. The smallest absolute Gasteiger partial charge is 0.243 e. The molecule has 1 aliphatic heterocycles. The van der Waals surface area contributed by atoms with Crippen LogP contribution < -0.4 is 5.32 Å². The number of carbonyl (C=O) groups excluding carboxylic acids is 4. The van der Waals surface area contributed by atoms with E-state index in [-0.39, 0.29) is 55.0 Å². The minimum Gasteiger partial charge on any atom is -0.350 e. The third kappa shape index (κ3) is 7.15. The van der Waals surface area contributed by atoms with Crippen molar-refractivity contribution < 1.29 is 19.2 Å². The molecule has 3 atom stereocenters. The summed E-state index contributed by atoms with van der Waals surface area (Å²) in [5.41, 5.74) is 1.24. The second-order valence-electron chi connectivity index (χ2n) is 11.3. The minimum atomic E-state index is -0.799. The number of fused-ring (bicyclic) bond motifs is 1. The summed E-state index contributed by atoms with van der Waals surface area (Å²) >= 11 is 6.09. The Hall–Kier alpha value is -3.45. The summed E-state index contributed by atoms with van der Waals surface area (Å²) in [6, 6.07) is 15.9. The molecule has 206 valence electrons. The maximum Gasteiger partial charge on any atom is 0.243 e. The molecule has 0 saturated carbocycles. The fourth-order valence-electron chi connectivity index (χ4n) is 5.23. The number of likely N-dealkylation sites (tertiary alicyclic amines) is 1. The Kier molecular flexibility index (Phi) is 8.90. The normalized spacial score (nSPS) is 19.5. The third-order valence-corrected chi connectivity index (χ3v) is 7.44. The van der Waals surface area contributed by atoms with Crippen LogP contribution in [0.25, 0.3) is 0 Å². The Morgan fingerprint density at radius 2 is 1.54 bits per heavy atom. The van der Waals surface area contributed by atoms with Gasteiger partial charge >= 0.3 is 0 Å². The van der Waals surface area contributed by atoms with Crippen LogP contribution in [-0.2, 0) is 32.1 Å². The highest BCUT2D eigenvalue weighted by molar-refractivity contribution is 6.30. The van der Waals surface area contributed by atoms with Gasteiger partial charge in [-0.25, -0.2) is 0 Å². The lowest BCUT2D eigenvalue weighted by molar-refractivity contribution is -0.144. The van der Waals surface area contributed by atoms with E-state index in [1.54, 1.807) is 17.0 Å². The van der Waals surface area contributed by atoms with Gasteiger partial charge in [0.05, 0.1) is 11.8 Å². The summed E-state index contributed by atoms with van der Waals surface area (Å²) in [7, 11) is 0. The first kappa shape index (κ1) is 28.6. The lowest BCUT2D eigenvalue weighted by atomic mass is 9.85. The summed E-state index contributed by atoms with van der Waals surface area (Å²) in [6.45, 7) is 5.87. The van der Waals surface area contributed by atoms with E-state index in [9.17, 15) is 19.2 Å². The second-order valence-corrected chi connectivity index (χ2v) is 11.8. The van der Waals surface area contributed by atoms with E-state index in [4.69, 9.17) is 11.6 Å². The molecule has 1 aliphatic carbocycles. The molecule has 39 heavy (non-hydrogen) atoms. The molecule has 0 spiro atoms. The van der Waals surface area contributed by atoms with Gasteiger partial charge in [0, 0.05) is 36.5 Å².